The van der Waals surface area contributed by atoms with Crippen molar-refractivity contribution in [1.29, 1.82) is 0 Å². The van der Waals surface area contributed by atoms with Crippen molar-refractivity contribution >= 4 is 11.4 Å². The van der Waals surface area contributed by atoms with Crippen LogP contribution in [0.3, 0.4) is 0 Å². The van der Waals surface area contributed by atoms with E-state index in [0.717, 1.165) is 59.8 Å². The number of hydrogen-bond donors (Lipinski definition) is 0. The van der Waals surface area contributed by atoms with Crippen LogP contribution in [0.5, 0.6) is 34.5 Å². The van der Waals surface area contributed by atoms with Gasteiger partial charge in [0.15, 0.2) is 23.0 Å². The number of unbranched alkanes of at least 4 members (excludes halogenated alkanes) is 4. The predicted octanol–water partition coefficient (Wildman–Crippen LogP) is 7.39. The first-order valence-corrected chi connectivity index (χ1v) is 15.8. The van der Waals surface area contributed by atoms with E-state index in [9.17, 15) is 0 Å². The number of benzene rings is 2. The van der Waals surface area contributed by atoms with Gasteiger partial charge in [-0.25, -0.2) is 0 Å². The molecule has 2 aromatic heterocycles. The Hall–Kier alpha value is -4.86. The summed E-state index contributed by atoms with van der Waals surface area (Å²) in [7, 11) is 13.9. The molecule has 47 heavy (non-hydrogen) atoms. The molecule has 0 unspecified atom stereocenters. The molecule has 2 heterocycles. The second-order valence-electron chi connectivity index (χ2n) is 11.2. The van der Waals surface area contributed by atoms with E-state index in [4.69, 9.17) is 38.4 Å². The maximum absolute atomic E-state index is 5.49. The first-order valence-electron chi connectivity index (χ1n) is 15.8. The van der Waals surface area contributed by atoms with Gasteiger partial charge in [0.1, 0.15) is 0 Å². The average molecular weight is 645 g/mol. The fourth-order valence-corrected chi connectivity index (χ4v) is 5.51. The minimum atomic E-state index is 0.569. The minimum absolute atomic E-state index is 0.569. The monoisotopic (exact) mass is 644 g/mol. The van der Waals surface area contributed by atoms with Crippen molar-refractivity contribution in [2.75, 3.05) is 79.6 Å². The van der Waals surface area contributed by atoms with Gasteiger partial charge < -0.3 is 38.2 Å². The molecule has 0 aliphatic heterocycles. The van der Waals surface area contributed by atoms with Gasteiger partial charge in [-0.15, -0.1) is 0 Å². The van der Waals surface area contributed by atoms with Gasteiger partial charge in [-0.05, 0) is 61.4 Å². The molecule has 0 bridgehead atoms. The van der Waals surface area contributed by atoms with Gasteiger partial charge in [0, 0.05) is 38.3 Å². The zero-order valence-electron chi connectivity index (χ0n) is 29.0. The number of rotatable bonds is 18. The lowest BCUT2D eigenvalue weighted by Crippen LogP contribution is -2.19. The van der Waals surface area contributed by atoms with Crippen molar-refractivity contribution in [3.63, 3.8) is 0 Å². The molecule has 0 atom stereocenters. The van der Waals surface area contributed by atoms with E-state index >= 15 is 0 Å². The van der Waals surface area contributed by atoms with E-state index in [1.54, 1.807) is 42.7 Å². The van der Waals surface area contributed by atoms with Gasteiger partial charge in [0.25, 0.3) is 0 Å². The fraction of sp³-hybridized carbons (Fsp3) is 0.405. The molecule has 0 saturated carbocycles. The highest BCUT2D eigenvalue weighted by Gasteiger charge is 2.16. The number of ether oxygens (including phenoxy) is 6. The Balaban J connectivity index is 1.19. The molecule has 0 N–H and O–H groups in total. The van der Waals surface area contributed by atoms with E-state index in [1.165, 1.54) is 19.3 Å². The summed E-state index contributed by atoms with van der Waals surface area (Å²) in [5.41, 5.74) is 5.68. The Bertz CT molecular complexity index is 1400. The first kappa shape index (κ1) is 35.0. The molecular formula is C37H48N4O6. The molecular weight excluding hydrogens is 596 g/mol. The van der Waals surface area contributed by atoms with Gasteiger partial charge in [0.2, 0.25) is 11.5 Å². The minimum Gasteiger partial charge on any atom is -0.493 e. The molecule has 4 rings (SSSR count). The van der Waals surface area contributed by atoms with Crippen LogP contribution in [0.15, 0.2) is 60.9 Å². The van der Waals surface area contributed by atoms with E-state index in [-0.39, 0.29) is 0 Å². The molecule has 2 aromatic carbocycles. The van der Waals surface area contributed by atoms with Crippen molar-refractivity contribution < 1.29 is 28.4 Å². The second-order valence-corrected chi connectivity index (χ2v) is 11.2. The summed E-state index contributed by atoms with van der Waals surface area (Å²) in [6, 6.07) is 15.9. The summed E-state index contributed by atoms with van der Waals surface area (Å²) in [6.45, 7) is 1.96. The molecule has 0 saturated heterocycles. The second kappa shape index (κ2) is 17.2. The lowest BCUT2D eigenvalue weighted by Gasteiger charge is -2.20. The number of methoxy groups -OCH3 is 6. The van der Waals surface area contributed by atoms with E-state index < -0.39 is 0 Å². The largest absolute Gasteiger partial charge is 0.493 e. The SMILES string of the molecule is COc1cc(-c2ccc(N(C)CCCCCCCN(C)c3ccc(-c4cc(OC)c(OC)c(OC)c4)nc3)cn2)cc(OC)c1OC. The maximum Gasteiger partial charge on any atom is 0.203 e. The van der Waals surface area contributed by atoms with Crippen LogP contribution >= 0.6 is 0 Å². The molecule has 0 spiro atoms. The number of aromatic nitrogens is 2. The van der Waals surface area contributed by atoms with Crippen LogP contribution in [0.2, 0.25) is 0 Å². The molecule has 4 aromatic rings. The van der Waals surface area contributed by atoms with Crippen LogP contribution in [0, 0.1) is 0 Å². The van der Waals surface area contributed by atoms with Crippen molar-refractivity contribution in [2.24, 2.45) is 0 Å². The van der Waals surface area contributed by atoms with Gasteiger partial charge in [-0.2, -0.15) is 0 Å². The van der Waals surface area contributed by atoms with Crippen molar-refractivity contribution in [3.8, 4) is 57.0 Å². The number of hydrogen-bond acceptors (Lipinski definition) is 10. The third-order valence-electron chi connectivity index (χ3n) is 8.29. The Morgan fingerprint density at radius 1 is 0.468 bits per heavy atom. The van der Waals surface area contributed by atoms with Crippen LogP contribution in [0.1, 0.15) is 32.1 Å². The summed E-state index contributed by atoms with van der Waals surface area (Å²) in [5.74, 6) is 3.57. The number of pyridine rings is 2. The highest BCUT2D eigenvalue weighted by atomic mass is 16.5. The molecule has 10 nitrogen and oxygen atoms in total. The van der Waals surface area contributed by atoms with Gasteiger partial charge in [-0.1, -0.05) is 19.3 Å². The fourth-order valence-electron chi connectivity index (χ4n) is 5.51. The third-order valence-corrected chi connectivity index (χ3v) is 8.29. The standard InChI is InChI=1S/C37H48N4O6/c1-40(28-14-16-30(38-24-28)26-20-32(42-3)36(46-7)33(21-26)43-4)18-12-10-9-11-13-19-41(2)29-15-17-31(39-25-29)27-22-34(44-5)37(47-8)35(23-27)45-6/h14-17,20-25H,9-13,18-19H2,1-8H3. The van der Waals surface area contributed by atoms with Crippen molar-refractivity contribution in [3.05, 3.63) is 60.9 Å². The average Bonchev–Trinajstić information content (AvgIpc) is 3.12. The Morgan fingerprint density at radius 2 is 0.809 bits per heavy atom. The quantitative estimate of drug-likeness (QED) is 0.102. The molecule has 10 heteroatoms. The highest BCUT2D eigenvalue weighted by Crippen LogP contribution is 2.42. The lowest BCUT2D eigenvalue weighted by molar-refractivity contribution is 0.324. The first-order chi connectivity index (χ1) is 22.9. The van der Waals surface area contributed by atoms with Crippen LogP contribution < -0.4 is 38.2 Å². The summed E-state index contributed by atoms with van der Waals surface area (Å²) >= 11 is 0. The van der Waals surface area contributed by atoms with E-state index in [2.05, 4.69) is 36.0 Å². The van der Waals surface area contributed by atoms with Gasteiger partial charge in [-0.3, -0.25) is 9.97 Å². The maximum atomic E-state index is 5.49. The lowest BCUT2D eigenvalue weighted by atomic mass is 10.1. The zero-order chi connectivity index (χ0) is 33.8. The zero-order valence-corrected chi connectivity index (χ0v) is 29.0. The van der Waals surface area contributed by atoms with Gasteiger partial charge in [0.05, 0.1) is 77.8 Å². The van der Waals surface area contributed by atoms with Crippen molar-refractivity contribution in [1.82, 2.24) is 9.97 Å². The van der Waals surface area contributed by atoms with Gasteiger partial charge >= 0.3 is 0 Å². The topological polar surface area (TPSA) is 87.6 Å². The van der Waals surface area contributed by atoms with E-state index in [0.29, 0.717) is 34.5 Å². The Kier molecular flexibility index (Phi) is 12.8. The molecule has 0 aliphatic rings. The highest BCUT2D eigenvalue weighted by molar-refractivity contribution is 5.70. The van der Waals surface area contributed by atoms with Crippen LogP contribution in [-0.4, -0.2) is 79.8 Å². The summed E-state index contributed by atoms with van der Waals surface area (Å²) in [5, 5.41) is 0. The number of anilines is 2. The summed E-state index contributed by atoms with van der Waals surface area (Å²) in [4.78, 5) is 13.9. The molecule has 0 radical (unpaired) electrons. The van der Waals surface area contributed by atoms with Crippen LogP contribution in [0.4, 0.5) is 11.4 Å². The normalized spacial score (nSPS) is 10.7. The van der Waals surface area contributed by atoms with Crippen LogP contribution in [-0.2, 0) is 0 Å². The third kappa shape index (κ3) is 8.69. The van der Waals surface area contributed by atoms with E-state index in [1.807, 2.05) is 48.8 Å². The predicted molar refractivity (Wildman–Crippen MR) is 188 cm³/mol. The number of nitrogens with zero attached hydrogens (tertiary/aromatic N) is 4. The molecule has 0 fully saturated rings. The molecule has 252 valence electrons. The summed E-state index contributed by atoms with van der Waals surface area (Å²) in [6.07, 6.45) is 9.69. The Morgan fingerprint density at radius 3 is 1.09 bits per heavy atom. The molecule has 0 amide bonds. The molecule has 0 aliphatic carbocycles. The smallest absolute Gasteiger partial charge is 0.203 e. The summed E-state index contributed by atoms with van der Waals surface area (Å²) < 4.78 is 32.9. The Labute approximate surface area is 279 Å². The van der Waals surface area contributed by atoms with Crippen LogP contribution in [0.25, 0.3) is 22.5 Å². The van der Waals surface area contributed by atoms with Crippen molar-refractivity contribution in [2.45, 2.75) is 32.1 Å².